The zero-order valence-corrected chi connectivity index (χ0v) is 14.3. The zero-order chi connectivity index (χ0) is 14.6. The summed E-state index contributed by atoms with van der Waals surface area (Å²) in [6.45, 7) is 14.3. The van der Waals surface area contributed by atoms with Crippen LogP contribution in [-0.4, -0.2) is 24.1 Å². The largest absolute Gasteiger partial charge is 0.348 e. The van der Waals surface area contributed by atoms with Crippen LogP contribution in [0.2, 0.25) is 0 Å². The summed E-state index contributed by atoms with van der Waals surface area (Å²) in [5, 5.41) is 4.64. The van der Waals surface area contributed by atoms with Crippen LogP contribution in [0, 0.1) is 5.92 Å². The fourth-order valence-electron chi connectivity index (χ4n) is 1.85. The number of hydrogen-bond acceptors (Lipinski definition) is 4. The van der Waals surface area contributed by atoms with Gasteiger partial charge in [0.2, 0.25) is 0 Å². The van der Waals surface area contributed by atoms with Crippen molar-refractivity contribution in [1.29, 1.82) is 0 Å². The third-order valence-corrected chi connectivity index (χ3v) is 4.84. The van der Waals surface area contributed by atoms with Gasteiger partial charge in [-0.25, -0.2) is 4.98 Å². The number of anilines is 1. The number of nitrogens with one attached hydrogen (secondary N) is 1. The van der Waals surface area contributed by atoms with Gasteiger partial charge in [0.05, 0.1) is 5.69 Å². The summed E-state index contributed by atoms with van der Waals surface area (Å²) in [7, 11) is 2.16. The van der Waals surface area contributed by atoms with Crippen LogP contribution in [-0.2, 0) is 13.0 Å². The number of nitrogens with zero attached hydrogens (tertiary/aromatic N) is 2. The lowest BCUT2D eigenvalue weighted by atomic mass is 10.1. The maximum Gasteiger partial charge on any atom is 0.185 e. The number of rotatable bonds is 7. The smallest absolute Gasteiger partial charge is 0.185 e. The molecule has 0 saturated heterocycles. The van der Waals surface area contributed by atoms with Crippen LogP contribution in [0.3, 0.4) is 0 Å². The average molecular weight is 283 g/mol. The topological polar surface area (TPSA) is 28.2 Å². The molecule has 1 aromatic heterocycles. The van der Waals surface area contributed by atoms with Gasteiger partial charge in [0.1, 0.15) is 0 Å². The predicted octanol–water partition coefficient (Wildman–Crippen LogP) is 3.68. The molecule has 0 aliphatic rings. The lowest BCUT2D eigenvalue weighted by Gasteiger charge is -2.27. The summed E-state index contributed by atoms with van der Waals surface area (Å²) in [6.07, 6.45) is 1.01. The fraction of sp³-hybridized carbons (Fsp3) is 0.800. The van der Waals surface area contributed by atoms with E-state index in [0.717, 1.165) is 18.1 Å². The molecule has 0 bridgehead atoms. The second kappa shape index (κ2) is 7.25. The van der Waals surface area contributed by atoms with Crippen molar-refractivity contribution in [3.05, 3.63) is 10.6 Å². The Morgan fingerprint density at radius 2 is 1.84 bits per heavy atom. The summed E-state index contributed by atoms with van der Waals surface area (Å²) in [6, 6.07) is 1.03. The Hall–Kier alpha value is -0.610. The van der Waals surface area contributed by atoms with Crippen molar-refractivity contribution in [2.45, 2.75) is 66.6 Å². The molecule has 0 radical (unpaired) electrons. The van der Waals surface area contributed by atoms with Gasteiger partial charge in [-0.3, -0.25) is 0 Å². The first-order chi connectivity index (χ1) is 8.86. The summed E-state index contributed by atoms with van der Waals surface area (Å²) >= 11 is 1.83. The molecule has 1 aromatic rings. The van der Waals surface area contributed by atoms with Gasteiger partial charge < -0.3 is 10.2 Å². The molecule has 1 N–H and O–H groups in total. The Bertz CT molecular complexity index is 385. The first-order valence-electron chi connectivity index (χ1n) is 7.31. The monoisotopic (exact) mass is 283 g/mol. The standard InChI is InChI=1S/C15H29N3S/c1-8-13-14(9-16-11(4)5)19-15(17-13)18(7)12(6)10(2)3/h10-12,16H,8-9H2,1-7H3. The van der Waals surface area contributed by atoms with Gasteiger partial charge in [-0.05, 0) is 19.3 Å². The van der Waals surface area contributed by atoms with Crippen LogP contribution < -0.4 is 10.2 Å². The molecular formula is C15H29N3S. The van der Waals surface area contributed by atoms with Crippen molar-refractivity contribution >= 4 is 16.5 Å². The highest BCUT2D eigenvalue weighted by Gasteiger charge is 2.18. The van der Waals surface area contributed by atoms with E-state index >= 15 is 0 Å². The molecule has 110 valence electrons. The van der Waals surface area contributed by atoms with Gasteiger partial charge in [0.25, 0.3) is 0 Å². The van der Waals surface area contributed by atoms with Crippen molar-refractivity contribution in [1.82, 2.24) is 10.3 Å². The number of aryl methyl sites for hydroxylation is 1. The van der Waals surface area contributed by atoms with E-state index in [9.17, 15) is 0 Å². The molecule has 1 heterocycles. The van der Waals surface area contributed by atoms with Crippen molar-refractivity contribution in [2.75, 3.05) is 11.9 Å². The summed E-state index contributed by atoms with van der Waals surface area (Å²) in [5.74, 6) is 0.635. The van der Waals surface area contributed by atoms with E-state index in [0.29, 0.717) is 18.0 Å². The minimum absolute atomic E-state index is 0.516. The molecule has 1 unspecified atom stereocenters. The number of hydrogen-bond donors (Lipinski definition) is 1. The molecular weight excluding hydrogens is 254 g/mol. The molecule has 0 aromatic carbocycles. The normalized spacial score (nSPS) is 13.3. The minimum Gasteiger partial charge on any atom is -0.348 e. The van der Waals surface area contributed by atoms with Crippen molar-refractivity contribution in [3.63, 3.8) is 0 Å². The zero-order valence-electron chi connectivity index (χ0n) is 13.4. The van der Waals surface area contributed by atoms with Crippen LogP contribution in [0.25, 0.3) is 0 Å². The molecule has 0 fully saturated rings. The predicted molar refractivity (Wildman–Crippen MR) is 86.2 cm³/mol. The van der Waals surface area contributed by atoms with E-state index in [-0.39, 0.29) is 0 Å². The second-order valence-corrected chi connectivity index (χ2v) is 6.91. The molecule has 4 heteroatoms. The Balaban J connectivity index is 2.86. The number of thiazole rings is 1. The van der Waals surface area contributed by atoms with Crippen LogP contribution in [0.4, 0.5) is 5.13 Å². The van der Waals surface area contributed by atoms with Gasteiger partial charge in [-0.2, -0.15) is 0 Å². The minimum atomic E-state index is 0.516. The van der Waals surface area contributed by atoms with Crippen LogP contribution >= 0.6 is 11.3 Å². The maximum atomic E-state index is 4.81. The highest BCUT2D eigenvalue weighted by Crippen LogP contribution is 2.28. The maximum absolute atomic E-state index is 4.81. The van der Waals surface area contributed by atoms with Crippen LogP contribution in [0.5, 0.6) is 0 Å². The number of aromatic nitrogens is 1. The summed E-state index contributed by atoms with van der Waals surface area (Å²) < 4.78 is 0. The van der Waals surface area contributed by atoms with Crippen molar-refractivity contribution < 1.29 is 0 Å². The summed E-state index contributed by atoms with van der Waals surface area (Å²) in [4.78, 5) is 8.51. The first-order valence-corrected chi connectivity index (χ1v) is 8.13. The Labute approximate surface area is 122 Å². The van der Waals surface area contributed by atoms with Crippen LogP contribution in [0.1, 0.15) is 52.1 Å². The molecule has 1 rings (SSSR count). The lowest BCUT2D eigenvalue weighted by molar-refractivity contribution is 0.505. The average Bonchev–Trinajstić information content (AvgIpc) is 2.77. The van der Waals surface area contributed by atoms with Gasteiger partial charge in [0.15, 0.2) is 5.13 Å². The van der Waals surface area contributed by atoms with Gasteiger partial charge >= 0.3 is 0 Å². The van der Waals surface area contributed by atoms with Gasteiger partial charge in [-0.1, -0.05) is 34.6 Å². The van der Waals surface area contributed by atoms with Gasteiger partial charge in [-0.15, -0.1) is 11.3 Å². The highest BCUT2D eigenvalue weighted by atomic mass is 32.1. The van der Waals surface area contributed by atoms with E-state index in [1.807, 2.05) is 11.3 Å². The molecule has 0 saturated carbocycles. The lowest BCUT2D eigenvalue weighted by Crippen LogP contribution is -2.33. The summed E-state index contributed by atoms with van der Waals surface area (Å²) in [5.41, 5.74) is 1.25. The van der Waals surface area contributed by atoms with Crippen molar-refractivity contribution in [2.24, 2.45) is 5.92 Å². The third-order valence-electron chi connectivity index (χ3n) is 3.65. The molecule has 0 amide bonds. The van der Waals surface area contributed by atoms with Crippen molar-refractivity contribution in [3.8, 4) is 0 Å². The molecule has 0 aliphatic carbocycles. The molecule has 1 atom stereocenters. The van der Waals surface area contributed by atoms with Gasteiger partial charge in [0, 0.05) is 30.6 Å². The fourth-order valence-corrected chi connectivity index (χ4v) is 3.00. The Kier molecular flexibility index (Phi) is 6.27. The molecule has 0 aliphatic heterocycles. The van der Waals surface area contributed by atoms with E-state index in [1.165, 1.54) is 10.6 Å². The molecule has 3 nitrogen and oxygen atoms in total. The third kappa shape index (κ3) is 4.46. The molecule has 0 spiro atoms. The molecule has 19 heavy (non-hydrogen) atoms. The Morgan fingerprint density at radius 3 is 2.32 bits per heavy atom. The van der Waals surface area contributed by atoms with E-state index < -0.39 is 0 Å². The van der Waals surface area contributed by atoms with E-state index in [4.69, 9.17) is 4.98 Å². The van der Waals surface area contributed by atoms with E-state index in [2.05, 4.69) is 58.8 Å². The first kappa shape index (κ1) is 16.4. The SMILES string of the molecule is CCc1nc(N(C)C(C)C(C)C)sc1CNC(C)C. The quantitative estimate of drug-likeness (QED) is 0.827. The van der Waals surface area contributed by atoms with E-state index in [1.54, 1.807) is 0 Å². The Morgan fingerprint density at radius 1 is 1.21 bits per heavy atom. The van der Waals surface area contributed by atoms with Crippen LogP contribution in [0.15, 0.2) is 0 Å². The highest BCUT2D eigenvalue weighted by molar-refractivity contribution is 7.15. The second-order valence-electron chi connectivity index (χ2n) is 5.85.